The zero-order valence-corrected chi connectivity index (χ0v) is 15.8. The average Bonchev–Trinajstić information content (AvgIpc) is 2.74. The lowest BCUT2D eigenvalue weighted by Crippen LogP contribution is -2.47. The molecule has 1 heterocycles. The fourth-order valence-corrected chi connectivity index (χ4v) is 4.11. The summed E-state index contributed by atoms with van der Waals surface area (Å²) < 4.78 is 4.81. The number of hydrogen-bond donors (Lipinski definition) is 1. The molecule has 1 saturated carbocycles. The van der Waals surface area contributed by atoms with Gasteiger partial charge in [-0.25, -0.2) is 0 Å². The molecule has 6 heteroatoms. The molecule has 27 heavy (non-hydrogen) atoms. The summed E-state index contributed by atoms with van der Waals surface area (Å²) in [5.74, 6) is -0.0451. The monoisotopic (exact) mass is 369 g/mol. The predicted molar refractivity (Wildman–Crippen MR) is 102 cm³/mol. The highest BCUT2D eigenvalue weighted by atomic mass is 16.5. The molecule has 0 radical (unpaired) electrons. The van der Waals surface area contributed by atoms with Crippen LogP contribution in [0.25, 0.3) is 0 Å². The molecule has 1 aliphatic heterocycles. The highest BCUT2D eigenvalue weighted by Gasteiger charge is 2.31. The Hall–Kier alpha value is -2.55. The van der Waals surface area contributed by atoms with Crippen molar-refractivity contribution in [3.8, 4) is 6.07 Å². The lowest BCUT2D eigenvalue weighted by Gasteiger charge is -2.35. The Morgan fingerprint density at radius 3 is 2.19 bits per heavy atom. The van der Waals surface area contributed by atoms with Crippen molar-refractivity contribution in [1.82, 2.24) is 5.32 Å². The molecule has 0 aromatic heterocycles. The molecule has 1 aromatic carbocycles. The van der Waals surface area contributed by atoms with Crippen molar-refractivity contribution in [3.63, 3.8) is 0 Å². The van der Waals surface area contributed by atoms with E-state index >= 15 is 0 Å². The van der Waals surface area contributed by atoms with E-state index in [4.69, 9.17) is 10.00 Å². The molecule has 1 aromatic rings. The van der Waals surface area contributed by atoms with E-state index in [9.17, 15) is 9.59 Å². The second-order valence-corrected chi connectivity index (χ2v) is 7.50. The number of esters is 1. The van der Waals surface area contributed by atoms with Gasteiger partial charge >= 0.3 is 5.97 Å². The number of rotatable bonds is 4. The Morgan fingerprint density at radius 2 is 1.63 bits per heavy atom. The summed E-state index contributed by atoms with van der Waals surface area (Å²) in [6.07, 6.45) is 4.83. The van der Waals surface area contributed by atoms with E-state index in [1.807, 2.05) is 24.3 Å². The molecule has 6 nitrogen and oxygen atoms in total. The lowest BCUT2D eigenvalue weighted by molar-refractivity contribution is -0.147. The molecule has 2 aliphatic rings. The SMILES string of the molecule is COC(=O)[C@H]1CC[C@H](C(=O)NC2CCN(c3ccc(C#N)cc3)CC2)CC1. The van der Waals surface area contributed by atoms with Crippen LogP contribution in [0.5, 0.6) is 0 Å². The minimum Gasteiger partial charge on any atom is -0.469 e. The molecular formula is C21H27N3O3. The fraction of sp³-hybridized carbons (Fsp3) is 0.571. The first kappa shape index (κ1) is 19.2. The molecule has 1 aliphatic carbocycles. The average molecular weight is 369 g/mol. The summed E-state index contributed by atoms with van der Waals surface area (Å²) in [6.45, 7) is 1.79. The van der Waals surface area contributed by atoms with Gasteiger partial charge in [0.15, 0.2) is 0 Å². The number of amides is 1. The van der Waals surface area contributed by atoms with Gasteiger partial charge in [-0.05, 0) is 62.8 Å². The molecular weight excluding hydrogens is 342 g/mol. The number of carbonyl (C=O) groups excluding carboxylic acids is 2. The molecule has 0 atom stereocenters. The van der Waals surface area contributed by atoms with Crippen LogP contribution in [0.15, 0.2) is 24.3 Å². The smallest absolute Gasteiger partial charge is 0.308 e. The number of hydrogen-bond acceptors (Lipinski definition) is 5. The first-order chi connectivity index (χ1) is 13.1. The number of nitrogens with zero attached hydrogens (tertiary/aromatic N) is 2. The van der Waals surface area contributed by atoms with Gasteiger partial charge in [-0.15, -0.1) is 0 Å². The van der Waals surface area contributed by atoms with Crippen LogP contribution in [0.3, 0.4) is 0 Å². The first-order valence-electron chi connectivity index (χ1n) is 9.74. The highest BCUT2D eigenvalue weighted by molar-refractivity contribution is 5.79. The lowest BCUT2D eigenvalue weighted by atomic mass is 9.81. The van der Waals surface area contributed by atoms with Crippen LogP contribution >= 0.6 is 0 Å². The van der Waals surface area contributed by atoms with E-state index in [0.29, 0.717) is 5.56 Å². The van der Waals surface area contributed by atoms with E-state index in [-0.39, 0.29) is 29.8 Å². The van der Waals surface area contributed by atoms with E-state index in [2.05, 4.69) is 16.3 Å². The van der Waals surface area contributed by atoms with Crippen LogP contribution in [0.2, 0.25) is 0 Å². The van der Waals surface area contributed by atoms with Gasteiger partial charge in [0, 0.05) is 30.7 Å². The number of nitrogens with one attached hydrogen (secondary N) is 1. The number of anilines is 1. The van der Waals surface area contributed by atoms with Gasteiger partial charge in [0.1, 0.15) is 0 Å². The fourth-order valence-electron chi connectivity index (χ4n) is 4.11. The van der Waals surface area contributed by atoms with Crippen LogP contribution in [0, 0.1) is 23.2 Å². The van der Waals surface area contributed by atoms with Gasteiger partial charge in [0.25, 0.3) is 0 Å². The number of nitriles is 1. The van der Waals surface area contributed by atoms with Gasteiger partial charge in [-0.1, -0.05) is 0 Å². The van der Waals surface area contributed by atoms with Crippen LogP contribution in [0.1, 0.15) is 44.1 Å². The summed E-state index contributed by atoms with van der Waals surface area (Å²) in [5, 5.41) is 12.1. The molecule has 0 bridgehead atoms. The third kappa shape index (κ3) is 4.79. The Bertz CT molecular complexity index is 694. The summed E-state index contributed by atoms with van der Waals surface area (Å²) in [4.78, 5) is 26.5. The number of ether oxygens (including phenoxy) is 1. The van der Waals surface area contributed by atoms with Gasteiger partial charge in [-0.3, -0.25) is 9.59 Å². The summed E-state index contributed by atoms with van der Waals surface area (Å²) in [7, 11) is 1.42. The van der Waals surface area contributed by atoms with Crippen molar-refractivity contribution in [3.05, 3.63) is 29.8 Å². The normalized spacial score (nSPS) is 23.3. The van der Waals surface area contributed by atoms with Crippen LogP contribution < -0.4 is 10.2 Å². The molecule has 1 N–H and O–H groups in total. The summed E-state index contributed by atoms with van der Waals surface area (Å²) in [6, 6.07) is 10.00. The molecule has 0 spiro atoms. The van der Waals surface area contributed by atoms with Crippen molar-refractivity contribution >= 4 is 17.6 Å². The molecule has 3 rings (SSSR count). The van der Waals surface area contributed by atoms with E-state index < -0.39 is 0 Å². The van der Waals surface area contributed by atoms with Gasteiger partial charge < -0.3 is 15.0 Å². The van der Waals surface area contributed by atoms with Crippen molar-refractivity contribution in [2.24, 2.45) is 11.8 Å². The first-order valence-corrected chi connectivity index (χ1v) is 9.74. The standard InChI is InChI=1S/C21H27N3O3/c1-27-21(26)17-6-4-16(5-7-17)20(25)23-18-10-12-24(13-11-18)19-8-2-15(14-22)3-9-19/h2-3,8-9,16-18H,4-7,10-13H2,1H3,(H,23,25)/t16-,17-. The van der Waals surface area contributed by atoms with Gasteiger partial charge in [0.05, 0.1) is 24.7 Å². The van der Waals surface area contributed by atoms with E-state index in [0.717, 1.165) is 57.3 Å². The van der Waals surface area contributed by atoms with E-state index in [1.165, 1.54) is 7.11 Å². The maximum atomic E-state index is 12.6. The van der Waals surface area contributed by atoms with Crippen molar-refractivity contribution in [2.75, 3.05) is 25.1 Å². The number of piperidine rings is 1. The molecule has 2 fully saturated rings. The molecule has 0 unspecified atom stereocenters. The minimum absolute atomic E-state index is 0.0162. The van der Waals surface area contributed by atoms with E-state index in [1.54, 1.807) is 0 Å². The number of methoxy groups -OCH3 is 1. The number of benzene rings is 1. The van der Waals surface area contributed by atoms with Crippen LogP contribution in [-0.4, -0.2) is 38.1 Å². The van der Waals surface area contributed by atoms with Crippen LogP contribution in [-0.2, 0) is 14.3 Å². The largest absolute Gasteiger partial charge is 0.469 e. The van der Waals surface area contributed by atoms with Gasteiger partial charge in [-0.2, -0.15) is 5.26 Å². The summed E-state index contributed by atoms with van der Waals surface area (Å²) >= 11 is 0. The minimum atomic E-state index is -0.149. The Morgan fingerprint density at radius 1 is 1.04 bits per heavy atom. The molecule has 144 valence electrons. The molecule has 1 saturated heterocycles. The maximum absolute atomic E-state index is 12.6. The van der Waals surface area contributed by atoms with Crippen molar-refractivity contribution in [2.45, 2.75) is 44.6 Å². The van der Waals surface area contributed by atoms with Gasteiger partial charge in [0.2, 0.25) is 5.91 Å². The Labute approximate surface area is 160 Å². The third-order valence-corrected chi connectivity index (χ3v) is 5.84. The van der Waals surface area contributed by atoms with Crippen molar-refractivity contribution < 1.29 is 14.3 Å². The quantitative estimate of drug-likeness (QED) is 0.825. The Balaban J connectivity index is 1.43. The second kappa shape index (κ2) is 8.90. The second-order valence-electron chi connectivity index (χ2n) is 7.50. The summed E-state index contributed by atoms with van der Waals surface area (Å²) in [5.41, 5.74) is 1.79. The predicted octanol–water partition coefficient (Wildman–Crippen LogP) is 2.62. The number of carbonyl (C=O) groups is 2. The Kier molecular flexibility index (Phi) is 6.33. The third-order valence-electron chi connectivity index (χ3n) is 5.84. The zero-order valence-electron chi connectivity index (χ0n) is 15.8. The van der Waals surface area contributed by atoms with Crippen LogP contribution in [0.4, 0.5) is 5.69 Å². The topological polar surface area (TPSA) is 82.4 Å². The molecule has 1 amide bonds. The van der Waals surface area contributed by atoms with Crippen molar-refractivity contribution in [1.29, 1.82) is 5.26 Å². The zero-order chi connectivity index (χ0) is 19.2. The maximum Gasteiger partial charge on any atom is 0.308 e. The highest BCUT2D eigenvalue weighted by Crippen LogP contribution is 2.30.